The van der Waals surface area contributed by atoms with Crippen LogP contribution in [0.25, 0.3) is 0 Å². The minimum Gasteiger partial charge on any atom is -0.465 e. The molecule has 5 nitrogen and oxygen atoms in total. The molecule has 1 amide bonds. The minimum atomic E-state index is -1.07. The summed E-state index contributed by atoms with van der Waals surface area (Å²) in [4.78, 5) is 23.5. The van der Waals surface area contributed by atoms with Crippen LogP contribution in [0.4, 0.5) is 0 Å². The first-order valence-electron chi connectivity index (χ1n) is 6.54. The second-order valence-corrected chi connectivity index (χ2v) is 5.00. The zero-order valence-corrected chi connectivity index (χ0v) is 12.2. The monoisotopic (exact) mass is 279 g/mol. The Morgan fingerprint density at radius 2 is 1.80 bits per heavy atom. The molecule has 110 valence electrons. The molecule has 0 spiro atoms. The number of carbonyl (C=O) groups is 2. The number of nitrogens with one attached hydrogen (secondary N) is 1. The predicted molar refractivity (Wildman–Crippen MR) is 75.2 cm³/mol. The molecule has 1 aromatic carbocycles. The van der Waals surface area contributed by atoms with Crippen LogP contribution >= 0.6 is 0 Å². The second kappa shape index (κ2) is 7.05. The quantitative estimate of drug-likeness (QED) is 0.804. The fourth-order valence-electron chi connectivity index (χ4n) is 1.85. The molecule has 0 radical (unpaired) electrons. The lowest BCUT2D eigenvalue weighted by Crippen LogP contribution is -2.39. The molecule has 0 aliphatic heterocycles. The summed E-state index contributed by atoms with van der Waals surface area (Å²) in [6.07, 6.45) is -1.07. The van der Waals surface area contributed by atoms with Crippen LogP contribution in [0.1, 0.15) is 42.7 Å². The van der Waals surface area contributed by atoms with Crippen LogP contribution < -0.4 is 5.32 Å². The fraction of sp³-hybridized carbons (Fsp3) is 0.467. The van der Waals surface area contributed by atoms with Crippen molar-refractivity contribution in [2.24, 2.45) is 5.92 Å². The number of ether oxygens (including phenoxy) is 1. The van der Waals surface area contributed by atoms with Gasteiger partial charge in [-0.3, -0.25) is 4.79 Å². The van der Waals surface area contributed by atoms with Crippen molar-refractivity contribution in [3.63, 3.8) is 0 Å². The number of methoxy groups -OCH3 is 1. The molecule has 0 bridgehead atoms. The lowest BCUT2D eigenvalue weighted by molar-refractivity contribution is -0.132. The first kappa shape index (κ1) is 16.2. The van der Waals surface area contributed by atoms with Crippen molar-refractivity contribution in [3.05, 3.63) is 35.4 Å². The Balaban J connectivity index is 2.90. The number of benzene rings is 1. The number of esters is 1. The smallest absolute Gasteiger partial charge is 0.338 e. The van der Waals surface area contributed by atoms with Gasteiger partial charge in [0, 0.05) is 0 Å². The van der Waals surface area contributed by atoms with E-state index in [1.165, 1.54) is 7.11 Å². The highest BCUT2D eigenvalue weighted by atomic mass is 16.5. The van der Waals surface area contributed by atoms with Gasteiger partial charge in [0.2, 0.25) is 5.91 Å². The summed E-state index contributed by atoms with van der Waals surface area (Å²) in [6, 6.07) is 6.50. The molecular weight excluding hydrogens is 258 g/mol. The van der Waals surface area contributed by atoms with E-state index in [-0.39, 0.29) is 5.92 Å². The molecule has 1 rings (SSSR count). The zero-order chi connectivity index (χ0) is 15.3. The third-order valence-electron chi connectivity index (χ3n) is 3.09. The first-order valence-corrected chi connectivity index (χ1v) is 6.54. The molecule has 0 aliphatic rings. The van der Waals surface area contributed by atoms with E-state index in [1.54, 1.807) is 45.0 Å². The third kappa shape index (κ3) is 3.81. The van der Waals surface area contributed by atoms with Crippen molar-refractivity contribution >= 4 is 11.9 Å². The van der Waals surface area contributed by atoms with E-state index < -0.39 is 24.0 Å². The Hall–Kier alpha value is -1.88. The van der Waals surface area contributed by atoms with Crippen LogP contribution in [0.2, 0.25) is 0 Å². The highest BCUT2D eigenvalue weighted by Gasteiger charge is 2.23. The summed E-state index contributed by atoms with van der Waals surface area (Å²) in [5, 5.41) is 12.4. The largest absolute Gasteiger partial charge is 0.465 e. The number of rotatable bonds is 5. The number of aliphatic hydroxyl groups excluding tert-OH is 1. The average molecular weight is 279 g/mol. The molecule has 5 heteroatoms. The SMILES string of the molecule is COC(=O)c1ccccc1[C@H](C)NC(=O)[C@@H](O)C(C)C. The molecule has 0 aliphatic carbocycles. The van der Waals surface area contributed by atoms with E-state index in [0.29, 0.717) is 11.1 Å². The van der Waals surface area contributed by atoms with Crippen molar-refractivity contribution in [3.8, 4) is 0 Å². The summed E-state index contributed by atoms with van der Waals surface area (Å²) in [7, 11) is 1.31. The van der Waals surface area contributed by atoms with Gasteiger partial charge in [-0.2, -0.15) is 0 Å². The Morgan fingerprint density at radius 3 is 2.35 bits per heavy atom. The molecule has 0 fully saturated rings. The van der Waals surface area contributed by atoms with E-state index in [4.69, 9.17) is 4.74 Å². The minimum absolute atomic E-state index is 0.168. The van der Waals surface area contributed by atoms with E-state index in [9.17, 15) is 14.7 Å². The number of aliphatic hydroxyl groups is 1. The van der Waals surface area contributed by atoms with E-state index >= 15 is 0 Å². The van der Waals surface area contributed by atoms with Gasteiger partial charge in [-0.1, -0.05) is 32.0 Å². The van der Waals surface area contributed by atoms with Gasteiger partial charge in [0.25, 0.3) is 0 Å². The van der Waals surface area contributed by atoms with Gasteiger partial charge in [0.1, 0.15) is 6.10 Å². The van der Waals surface area contributed by atoms with Gasteiger partial charge in [-0.25, -0.2) is 4.79 Å². The molecule has 2 atom stereocenters. The van der Waals surface area contributed by atoms with Crippen molar-refractivity contribution in [2.45, 2.75) is 32.9 Å². The summed E-state index contributed by atoms with van der Waals surface area (Å²) in [5.74, 6) is -1.07. The highest BCUT2D eigenvalue weighted by Crippen LogP contribution is 2.19. The van der Waals surface area contributed by atoms with Gasteiger partial charge >= 0.3 is 5.97 Å². The van der Waals surface area contributed by atoms with Crippen molar-refractivity contribution in [2.75, 3.05) is 7.11 Å². The normalized spacial score (nSPS) is 13.7. The summed E-state index contributed by atoms with van der Waals surface area (Å²) < 4.78 is 4.72. The molecule has 20 heavy (non-hydrogen) atoms. The molecule has 0 saturated heterocycles. The Labute approximate surface area is 118 Å². The van der Waals surface area contributed by atoms with Crippen LogP contribution in [0.3, 0.4) is 0 Å². The first-order chi connectivity index (χ1) is 9.38. The number of hydrogen-bond donors (Lipinski definition) is 2. The fourth-order valence-corrected chi connectivity index (χ4v) is 1.85. The van der Waals surface area contributed by atoms with Gasteiger partial charge < -0.3 is 15.2 Å². The van der Waals surface area contributed by atoms with Crippen LogP contribution in [0, 0.1) is 5.92 Å². The average Bonchev–Trinajstić information content (AvgIpc) is 2.45. The number of amides is 1. The van der Waals surface area contributed by atoms with E-state index in [1.807, 2.05) is 0 Å². The molecular formula is C15H21NO4. The van der Waals surface area contributed by atoms with Gasteiger partial charge in [-0.15, -0.1) is 0 Å². The lowest BCUT2D eigenvalue weighted by Gasteiger charge is -2.20. The summed E-state index contributed by atoms with van der Waals surface area (Å²) in [6.45, 7) is 5.28. The summed E-state index contributed by atoms with van der Waals surface area (Å²) >= 11 is 0. The molecule has 2 N–H and O–H groups in total. The second-order valence-electron chi connectivity index (χ2n) is 5.00. The van der Waals surface area contributed by atoms with Crippen molar-refractivity contribution in [1.29, 1.82) is 0 Å². The zero-order valence-electron chi connectivity index (χ0n) is 12.2. The van der Waals surface area contributed by atoms with Crippen molar-refractivity contribution in [1.82, 2.24) is 5.32 Å². The number of hydrogen-bond acceptors (Lipinski definition) is 4. The lowest BCUT2D eigenvalue weighted by atomic mass is 10.0. The van der Waals surface area contributed by atoms with Gasteiger partial charge in [0.15, 0.2) is 0 Å². The van der Waals surface area contributed by atoms with Crippen LogP contribution in [0.5, 0.6) is 0 Å². The van der Waals surface area contributed by atoms with E-state index in [2.05, 4.69) is 5.32 Å². The molecule has 0 saturated carbocycles. The molecule has 0 heterocycles. The summed E-state index contributed by atoms with van der Waals surface area (Å²) in [5.41, 5.74) is 1.06. The molecule has 0 unspecified atom stereocenters. The Kier molecular flexibility index (Phi) is 5.70. The maximum Gasteiger partial charge on any atom is 0.338 e. The topological polar surface area (TPSA) is 75.6 Å². The van der Waals surface area contributed by atoms with Gasteiger partial charge in [0.05, 0.1) is 18.7 Å². The standard InChI is InChI=1S/C15H21NO4/c1-9(2)13(17)14(18)16-10(3)11-7-5-6-8-12(11)15(19)20-4/h5-10,13,17H,1-4H3,(H,16,18)/t10-,13-/m0/s1. The molecule has 0 aromatic heterocycles. The Morgan fingerprint density at radius 1 is 1.20 bits per heavy atom. The predicted octanol–water partition coefficient (Wildman–Crippen LogP) is 1.67. The van der Waals surface area contributed by atoms with Crippen LogP contribution in [-0.2, 0) is 9.53 Å². The van der Waals surface area contributed by atoms with E-state index in [0.717, 1.165) is 0 Å². The third-order valence-corrected chi connectivity index (χ3v) is 3.09. The van der Waals surface area contributed by atoms with Crippen LogP contribution in [0.15, 0.2) is 24.3 Å². The number of carbonyl (C=O) groups excluding carboxylic acids is 2. The molecule has 1 aromatic rings. The maximum absolute atomic E-state index is 11.8. The van der Waals surface area contributed by atoms with Gasteiger partial charge in [-0.05, 0) is 24.5 Å². The van der Waals surface area contributed by atoms with Crippen molar-refractivity contribution < 1.29 is 19.4 Å². The Bertz CT molecular complexity index is 485. The van der Waals surface area contributed by atoms with Crippen LogP contribution in [-0.4, -0.2) is 30.2 Å². The highest BCUT2D eigenvalue weighted by molar-refractivity contribution is 5.91. The maximum atomic E-state index is 11.8.